The third kappa shape index (κ3) is 3.96. The molecule has 1 N–H and O–H groups in total. The van der Waals surface area contributed by atoms with Crippen LogP contribution in [0.4, 0.5) is 0 Å². The van der Waals surface area contributed by atoms with Gasteiger partial charge in [-0.15, -0.1) is 0 Å². The topological polar surface area (TPSA) is 24.4 Å². The van der Waals surface area contributed by atoms with Crippen molar-refractivity contribution in [3.63, 3.8) is 0 Å². The van der Waals surface area contributed by atoms with E-state index in [0.717, 1.165) is 16.8 Å². The van der Waals surface area contributed by atoms with Gasteiger partial charge in [-0.05, 0) is 17.2 Å². The first-order valence-electron chi connectivity index (χ1n) is 7.15. The van der Waals surface area contributed by atoms with Crippen LogP contribution in [0.25, 0.3) is 0 Å². The average Bonchev–Trinajstić information content (AvgIpc) is 2.58. The highest BCUT2D eigenvalue weighted by atomic mass is 35.5. The van der Waals surface area contributed by atoms with Crippen molar-refractivity contribution in [3.05, 3.63) is 83.0 Å². The number of benzene rings is 2. The molecule has 1 unspecified atom stereocenters. The summed E-state index contributed by atoms with van der Waals surface area (Å²) in [6.07, 6.45) is 1.73. The van der Waals surface area contributed by atoms with Gasteiger partial charge in [-0.3, -0.25) is 4.99 Å². The van der Waals surface area contributed by atoms with Gasteiger partial charge in [0, 0.05) is 0 Å². The molecule has 0 spiro atoms. The zero-order chi connectivity index (χ0) is 15.1. The number of nitrogens with one attached hydrogen (secondary N) is 1. The van der Waals surface area contributed by atoms with Crippen LogP contribution in [-0.2, 0) is 0 Å². The van der Waals surface area contributed by atoms with E-state index < -0.39 is 0 Å². The second-order valence-corrected chi connectivity index (χ2v) is 4.74. The van der Waals surface area contributed by atoms with Crippen LogP contribution >= 0.6 is 11.6 Å². The molecule has 0 saturated carbocycles. The fourth-order valence-corrected chi connectivity index (χ4v) is 2.27. The van der Waals surface area contributed by atoms with E-state index in [2.05, 4.69) is 5.32 Å². The molecule has 0 aliphatic carbocycles. The molecule has 2 aromatic carbocycles. The molecule has 1 aliphatic heterocycles. The third-order valence-corrected chi connectivity index (χ3v) is 3.21. The predicted molar refractivity (Wildman–Crippen MR) is 90.6 cm³/mol. The summed E-state index contributed by atoms with van der Waals surface area (Å²) in [6, 6.07) is 20.1. The van der Waals surface area contributed by atoms with E-state index >= 15 is 0 Å². The first-order valence-corrected chi connectivity index (χ1v) is 7.52. The summed E-state index contributed by atoms with van der Waals surface area (Å²) in [5.41, 5.74) is 3.07. The van der Waals surface area contributed by atoms with Crippen LogP contribution in [-0.4, -0.2) is 5.71 Å². The monoisotopic (exact) mass is 298 g/mol. The van der Waals surface area contributed by atoms with Crippen molar-refractivity contribution in [3.8, 4) is 0 Å². The summed E-state index contributed by atoms with van der Waals surface area (Å²) < 4.78 is 0. The van der Waals surface area contributed by atoms with Crippen molar-refractivity contribution < 1.29 is 0 Å². The number of hydrogen-bond donors (Lipinski definition) is 1. The highest BCUT2D eigenvalue weighted by molar-refractivity contribution is 6.32. The fourth-order valence-electron chi connectivity index (χ4n) is 2.06. The van der Waals surface area contributed by atoms with Gasteiger partial charge in [0.15, 0.2) is 0 Å². The zero-order valence-electron chi connectivity index (χ0n) is 12.3. The van der Waals surface area contributed by atoms with E-state index in [4.69, 9.17) is 16.6 Å². The number of allylic oxidation sites excluding steroid dienone is 1. The van der Waals surface area contributed by atoms with Gasteiger partial charge in [-0.1, -0.05) is 86.1 Å². The van der Waals surface area contributed by atoms with Crippen LogP contribution in [0.5, 0.6) is 0 Å². The van der Waals surface area contributed by atoms with Gasteiger partial charge in [0.1, 0.15) is 11.3 Å². The molecule has 1 aliphatic rings. The zero-order valence-corrected chi connectivity index (χ0v) is 13.0. The van der Waals surface area contributed by atoms with Crippen molar-refractivity contribution >= 4 is 17.3 Å². The molecule has 0 amide bonds. The van der Waals surface area contributed by atoms with Crippen LogP contribution in [0.1, 0.15) is 31.1 Å². The fraction of sp³-hybridized carbons (Fsp3) is 0.167. The van der Waals surface area contributed by atoms with Crippen LogP contribution in [0.2, 0.25) is 0 Å². The summed E-state index contributed by atoms with van der Waals surface area (Å²) in [6.45, 7) is 4.00. The first kappa shape index (κ1) is 15.3. The predicted octanol–water partition coefficient (Wildman–Crippen LogP) is 4.88. The largest absolute Gasteiger partial charge is 0.351 e. The summed E-state index contributed by atoms with van der Waals surface area (Å²) >= 11 is 6.18. The van der Waals surface area contributed by atoms with Gasteiger partial charge in [0.05, 0.1) is 5.71 Å². The molecule has 0 bridgehead atoms. The molecule has 2 aromatic rings. The molecule has 3 heteroatoms. The highest BCUT2D eigenvalue weighted by Crippen LogP contribution is 2.22. The number of hydrogen-bond acceptors (Lipinski definition) is 2. The molecule has 1 heterocycles. The van der Waals surface area contributed by atoms with Gasteiger partial charge in [0.2, 0.25) is 0 Å². The Morgan fingerprint density at radius 2 is 1.48 bits per heavy atom. The molecule has 2 nitrogen and oxygen atoms in total. The van der Waals surface area contributed by atoms with Crippen LogP contribution < -0.4 is 5.32 Å². The van der Waals surface area contributed by atoms with Crippen molar-refractivity contribution in [2.75, 3.05) is 0 Å². The quantitative estimate of drug-likeness (QED) is 0.785. The molecule has 21 heavy (non-hydrogen) atoms. The molecular weight excluding hydrogens is 280 g/mol. The first-order chi connectivity index (χ1) is 10.3. The van der Waals surface area contributed by atoms with E-state index in [9.17, 15) is 0 Å². The molecule has 0 radical (unpaired) electrons. The summed E-state index contributed by atoms with van der Waals surface area (Å²) in [5, 5.41) is 3.79. The van der Waals surface area contributed by atoms with E-state index in [1.54, 1.807) is 0 Å². The highest BCUT2D eigenvalue weighted by Gasteiger charge is 2.16. The van der Waals surface area contributed by atoms with Gasteiger partial charge >= 0.3 is 0 Å². The minimum Gasteiger partial charge on any atom is -0.351 e. The van der Waals surface area contributed by atoms with Crippen molar-refractivity contribution in [2.24, 2.45) is 4.99 Å². The summed E-state index contributed by atoms with van der Waals surface area (Å²) in [7, 11) is 0. The smallest absolute Gasteiger partial charge is 0.146 e. The second-order valence-electron chi connectivity index (χ2n) is 4.33. The number of aliphatic imine (C=N–C) groups is 1. The van der Waals surface area contributed by atoms with Gasteiger partial charge < -0.3 is 5.32 Å². The number of halogens is 1. The Morgan fingerprint density at radius 3 is 2.10 bits per heavy atom. The molecule has 108 valence electrons. The third-order valence-electron chi connectivity index (χ3n) is 2.99. The van der Waals surface area contributed by atoms with E-state index in [0.29, 0.717) is 5.16 Å². The van der Waals surface area contributed by atoms with Gasteiger partial charge in [-0.25, -0.2) is 0 Å². The number of nitrogens with zero attached hydrogens (tertiary/aromatic N) is 1. The van der Waals surface area contributed by atoms with Crippen LogP contribution in [0, 0.1) is 0 Å². The summed E-state index contributed by atoms with van der Waals surface area (Å²) in [5.74, 6) is 0. The van der Waals surface area contributed by atoms with E-state index in [-0.39, 0.29) is 6.17 Å². The van der Waals surface area contributed by atoms with Crippen molar-refractivity contribution in [2.45, 2.75) is 20.0 Å². The van der Waals surface area contributed by atoms with Gasteiger partial charge in [0.25, 0.3) is 0 Å². The minimum atomic E-state index is -0.131. The van der Waals surface area contributed by atoms with Crippen LogP contribution in [0.3, 0.4) is 0 Å². The molecule has 0 fully saturated rings. The molecule has 1 atom stereocenters. The summed E-state index contributed by atoms with van der Waals surface area (Å²) in [4.78, 5) is 4.72. The SMILES string of the molecule is CC.ClC1=CC(c2ccccc2)=NC(c2ccccc2)N1. The standard InChI is InChI=1S/C16H13ClN2.C2H6/c17-15-11-14(12-7-3-1-4-8-12)18-16(19-15)13-9-5-2-6-10-13;1-2/h1-11,16,19H;1-2H3. The molecular formula is C18H19ClN2. The lowest BCUT2D eigenvalue weighted by Gasteiger charge is -2.21. The minimum absolute atomic E-state index is 0.131. The Bertz CT molecular complexity index is 618. The maximum absolute atomic E-state index is 6.18. The van der Waals surface area contributed by atoms with Crippen molar-refractivity contribution in [1.82, 2.24) is 5.32 Å². The Hall–Kier alpha value is -2.06. The lowest BCUT2D eigenvalue weighted by atomic mass is 10.1. The Morgan fingerprint density at radius 1 is 0.905 bits per heavy atom. The number of rotatable bonds is 2. The van der Waals surface area contributed by atoms with Gasteiger partial charge in [-0.2, -0.15) is 0 Å². The second kappa shape index (κ2) is 7.65. The normalized spacial score (nSPS) is 16.8. The lowest BCUT2D eigenvalue weighted by Crippen LogP contribution is -2.23. The molecule has 0 saturated heterocycles. The Kier molecular flexibility index (Phi) is 5.59. The molecule has 3 rings (SSSR count). The Balaban J connectivity index is 0.000000774. The van der Waals surface area contributed by atoms with Crippen LogP contribution in [0.15, 0.2) is 76.9 Å². The maximum Gasteiger partial charge on any atom is 0.146 e. The van der Waals surface area contributed by atoms with E-state index in [1.807, 2.05) is 80.6 Å². The molecule has 0 aromatic heterocycles. The lowest BCUT2D eigenvalue weighted by molar-refractivity contribution is 0.640. The van der Waals surface area contributed by atoms with E-state index in [1.165, 1.54) is 0 Å². The Labute approximate surface area is 131 Å². The van der Waals surface area contributed by atoms with Crippen molar-refractivity contribution in [1.29, 1.82) is 0 Å². The maximum atomic E-state index is 6.18. The average molecular weight is 299 g/mol.